The van der Waals surface area contributed by atoms with Gasteiger partial charge in [-0.2, -0.15) is 0 Å². The maximum absolute atomic E-state index is 13.2. The number of hydrogen-bond acceptors (Lipinski definition) is 6. The van der Waals surface area contributed by atoms with Gasteiger partial charge >= 0.3 is 6.03 Å². The molecule has 8 nitrogen and oxygen atoms in total. The highest BCUT2D eigenvalue weighted by Crippen LogP contribution is 2.26. The number of nitrogens with one attached hydrogen (secondary N) is 3. The Hall–Kier alpha value is -3.72. The van der Waals surface area contributed by atoms with Crippen molar-refractivity contribution < 1.29 is 19.1 Å². The van der Waals surface area contributed by atoms with Crippen LogP contribution in [0, 0.1) is 6.92 Å². The number of hydrogen-bond donors (Lipinski definition) is 3. The molecule has 9 heteroatoms. The fraction of sp³-hybridized carbons (Fsp3) is 0.217. The molecule has 0 aliphatic carbocycles. The molecule has 32 heavy (non-hydrogen) atoms. The molecule has 0 saturated heterocycles. The highest BCUT2D eigenvalue weighted by Gasteiger charge is 2.19. The summed E-state index contributed by atoms with van der Waals surface area (Å²) in [5.41, 5.74) is 2.04. The Kier molecular flexibility index (Phi) is 7.56. The summed E-state index contributed by atoms with van der Waals surface area (Å²) >= 11 is 1.32. The van der Waals surface area contributed by atoms with Crippen LogP contribution in [0.3, 0.4) is 0 Å². The van der Waals surface area contributed by atoms with Crippen molar-refractivity contribution in [1.82, 2.24) is 10.3 Å². The van der Waals surface area contributed by atoms with Crippen molar-refractivity contribution in [1.29, 1.82) is 0 Å². The van der Waals surface area contributed by atoms with Gasteiger partial charge in [-0.25, -0.2) is 9.78 Å². The average Bonchev–Trinajstić information content (AvgIpc) is 3.21. The van der Waals surface area contributed by atoms with Crippen LogP contribution < -0.4 is 20.7 Å². The van der Waals surface area contributed by atoms with Crippen molar-refractivity contribution in [2.24, 2.45) is 0 Å². The number of para-hydroxylation sites is 1. The molecular weight excluding hydrogens is 428 g/mol. The number of aryl methyl sites for hydroxylation is 1. The highest BCUT2D eigenvalue weighted by atomic mass is 32.1. The minimum atomic E-state index is -0.509. The van der Waals surface area contributed by atoms with Crippen LogP contribution >= 0.6 is 11.3 Å². The van der Waals surface area contributed by atoms with Crippen molar-refractivity contribution in [2.45, 2.75) is 20.3 Å². The molecule has 0 atom stereocenters. The zero-order chi connectivity index (χ0) is 23.1. The summed E-state index contributed by atoms with van der Waals surface area (Å²) in [6, 6.07) is 11.7. The molecule has 1 heterocycles. The first-order valence-corrected chi connectivity index (χ1v) is 10.7. The first-order chi connectivity index (χ1) is 15.4. The van der Waals surface area contributed by atoms with Crippen LogP contribution in [0.15, 0.2) is 48.7 Å². The molecule has 0 aliphatic heterocycles. The fourth-order valence-corrected chi connectivity index (χ4v) is 3.83. The van der Waals surface area contributed by atoms with Gasteiger partial charge in [0.1, 0.15) is 5.75 Å². The standard InChI is InChI=1S/C23H24N4O4S/c1-14-8-9-19(18(12-14)21(29)17-6-4-5-7-20(17)31-3)26-22(30)27-23-25-13-16(32-23)10-11-24-15(2)28/h4-9,12-13H,10-11H2,1-3H3,(H,24,28)(H2,25,26,27,30). The lowest BCUT2D eigenvalue weighted by atomic mass is 9.99. The third-order valence-electron chi connectivity index (χ3n) is 4.54. The molecule has 3 amide bonds. The number of urea groups is 1. The van der Waals surface area contributed by atoms with E-state index in [2.05, 4.69) is 20.9 Å². The van der Waals surface area contributed by atoms with E-state index in [1.54, 1.807) is 42.6 Å². The zero-order valence-electron chi connectivity index (χ0n) is 18.0. The van der Waals surface area contributed by atoms with E-state index in [1.165, 1.54) is 25.4 Å². The number of rotatable bonds is 8. The number of anilines is 2. The van der Waals surface area contributed by atoms with Crippen molar-refractivity contribution in [3.63, 3.8) is 0 Å². The number of ether oxygens (including phenoxy) is 1. The van der Waals surface area contributed by atoms with Gasteiger partial charge in [0.05, 0.1) is 18.4 Å². The Bertz CT molecular complexity index is 1140. The summed E-state index contributed by atoms with van der Waals surface area (Å²) in [5, 5.41) is 8.57. The van der Waals surface area contributed by atoms with Gasteiger partial charge in [0.25, 0.3) is 0 Å². The quantitative estimate of drug-likeness (QED) is 0.447. The lowest BCUT2D eigenvalue weighted by Crippen LogP contribution is -2.22. The van der Waals surface area contributed by atoms with Gasteiger partial charge < -0.3 is 15.4 Å². The average molecular weight is 453 g/mol. The van der Waals surface area contributed by atoms with Crippen LogP contribution in [-0.4, -0.2) is 36.4 Å². The predicted octanol–water partition coefficient (Wildman–Crippen LogP) is 4.01. The lowest BCUT2D eigenvalue weighted by Gasteiger charge is -2.13. The number of amides is 3. The van der Waals surface area contributed by atoms with Crippen LogP contribution in [0.2, 0.25) is 0 Å². The van der Waals surface area contributed by atoms with Crippen LogP contribution in [0.25, 0.3) is 0 Å². The van der Waals surface area contributed by atoms with Crippen LogP contribution in [0.1, 0.15) is 33.3 Å². The zero-order valence-corrected chi connectivity index (χ0v) is 18.8. The molecule has 0 bridgehead atoms. The van der Waals surface area contributed by atoms with E-state index >= 15 is 0 Å². The lowest BCUT2D eigenvalue weighted by molar-refractivity contribution is -0.118. The summed E-state index contributed by atoms with van der Waals surface area (Å²) in [7, 11) is 1.51. The summed E-state index contributed by atoms with van der Waals surface area (Å²) in [6.07, 6.45) is 2.28. The third-order valence-corrected chi connectivity index (χ3v) is 5.51. The molecule has 3 N–H and O–H groups in total. The molecular formula is C23H24N4O4S. The first-order valence-electron chi connectivity index (χ1n) is 9.93. The van der Waals surface area contributed by atoms with Gasteiger partial charge in [-0.05, 0) is 31.2 Å². The van der Waals surface area contributed by atoms with Gasteiger partial charge in [0.2, 0.25) is 5.91 Å². The van der Waals surface area contributed by atoms with E-state index in [4.69, 9.17) is 4.74 Å². The van der Waals surface area contributed by atoms with Gasteiger partial charge in [-0.15, -0.1) is 11.3 Å². The van der Waals surface area contributed by atoms with Crippen molar-refractivity contribution in [2.75, 3.05) is 24.3 Å². The number of ketones is 1. The van der Waals surface area contributed by atoms with Crippen molar-refractivity contribution in [3.05, 3.63) is 70.2 Å². The Morgan fingerprint density at radius 3 is 2.59 bits per heavy atom. The minimum absolute atomic E-state index is 0.0937. The van der Waals surface area contributed by atoms with E-state index in [0.717, 1.165) is 10.4 Å². The van der Waals surface area contributed by atoms with Gasteiger partial charge in [-0.3, -0.25) is 14.9 Å². The summed E-state index contributed by atoms with van der Waals surface area (Å²) < 4.78 is 5.31. The van der Waals surface area contributed by atoms with Gasteiger partial charge in [0, 0.05) is 36.5 Å². The predicted molar refractivity (Wildman–Crippen MR) is 125 cm³/mol. The normalized spacial score (nSPS) is 10.3. The van der Waals surface area contributed by atoms with E-state index in [0.29, 0.717) is 40.7 Å². The van der Waals surface area contributed by atoms with E-state index < -0.39 is 6.03 Å². The number of methoxy groups -OCH3 is 1. The van der Waals surface area contributed by atoms with E-state index in [1.807, 2.05) is 13.0 Å². The summed E-state index contributed by atoms with van der Waals surface area (Å²) in [4.78, 5) is 41.8. The monoisotopic (exact) mass is 452 g/mol. The topological polar surface area (TPSA) is 109 Å². The number of nitrogens with zero attached hydrogens (tertiary/aromatic N) is 1. The first kappa shape index (κ1) is 23.0. The molecule has 0 saturated carbocycles. The second-order valence-corrected chi connectivity index (χ2v) is 8.14. The molecule has 0 spiro atoms. The molecule has 0 radical (unpaired) electrons. The number of thiazole rings is 1. The molecule has 3 aromatic rings. The largest absolute Gasteiger partial charge is 0.496 e. The number of aromatic nitrogens is 1. The Balaban J connectivity index is 1.73. The Morgan fingerprint density at radius 2 is 1.84 bits per heavy atom. The minimum Gasteiger partial charge on any atom is -0.496 e. The molecule has 0 unspecified atom stereocenters. The summed E-state index contributed by atoms with van der Waals surface area (Å²) in [6.45, 7) is 3.84. The SMILES string of the molecule is COc1ccccc1C(=O)c1cc(C)ccc1NC(=O)Nc1ncc(CCNC(C)=O)s1. The van der Waals surface area contributed by atoms with Crippen LogP contribution in [0.5, 0.6) is 5.75 Å². The maximum Gasteiger partial charge on any atom is 0.325 e. The third kappa shape index (κ3) is 5.92. The Labute approximate surface area is 190 Å². The van der Waals surface area contributed by atoms with Crippen molar-refractivity contribution in [3.8, 4) is 5.75 Å². The van der Waals surface area contributed by atoms with E-state index in [9.17, 15) is 14.4 Å². The second-order valence-electron chi connectivity index (χ2n) is 7.02. The molecule has 3 rings (SSSR count). The van der Waals surface area contributed by atoms with Crippen LogP contribution in [-0.2, 0) is 11.2 Å². The molecule has 2 aromatic carbocycles. The molecule has 0 aliphatic rings. The number of benzene rings is 2. The smallest absolute Gasteiger partial charge is 0.325 e. The van der Waals surface area contributed by atoms with Gasteiger partial charge in [-0.1, -0.05) is 23.8 Å². The van der Waals surface area contributed by atoms with E-state index in [-0.39, 0.29) is 11.7 Å². The van der Waals surface area contributed by atoms with Gasteiger partial charge in [0.15, 0.2) is 10.9 Å². The van der Waals surface area contributed by atoms with Crippen LogP contribution in [0.4, 0.5) is 15.6 Å². The fourth-order valence-electron chi connectivity index (χ4n) is 3.03. The molecule has 166 valence electrons. The number of carbonyl (C=O) groups is 3. The molecule has 1 aromatic heterocycles. The second kappa shape index (κ2) is 10.5. The molecule has 0 fully saturated rings. The maximum atomic E-state index is 13.2. The summed E-state index contributed by atoms with van der Waals surface area (Å²) in [5.74, 6) is 0.115. The highest BCUT2D eigenvalue weighted by molar-refractivity contribution is 7.15. The Morgan fingerprint density at radius 1 is 1.06 bits per heavy atom. The number of carbonyl (C=O) groups excluding carboxylic acids is 3. The van der Waals surface area contributed by atoms with Crippen molar-refractivity contribution >= 4 is 39.9 Å².